The molecule has 0 unspecified atom stereocenters. The monoisotopic (exact) mass is 519 g/mol. The minimum atomic E-state index is -3.60. The van der Waals surface area contributed by atoms with Gasteiger partial charge in [-0.25, -0.2) is 23.6 Å². The van der Waals surface area contributed by atoms with Crippen molar-refractivity contribution in [2.24, 2.45) is 0 Å². The highest BCUT2D eigenvalue weighted by atomic mass is 35.5. The van der Waals surface area contributed by atoms with Crippen molar-refractivity contribution in [2.45, 2.75) is 17.9 Å². The zero-order chi connectivity index (χ0) is 24.0. The number of aromatic nitrogens is 3. The number of furan rings is 1. The van der Waals surface area contributed by atoms with Crippen molar-refractivity contribution in [1.29, 1.82) is 0 Å². The van der Waals surface area contributed by atoms with Gasteiger partial charge in [-0.2, -0.15) is 9.40 Å². The second-order valence-corrected chi connectivity index (χ2v) is 9.05. The van der Waals surface area contributed by atoms with Gasteiger partial charge in [-0.05, 0) is 66.6 Å². The van der Waals surface area contributed by atoms with E-state index in [1.807, 2.05) is 30.3 Å². The number of nitrogens with one attached hydrogen (secondary N) is 1. The van der Waals surface area contributed by atoms with Crippen molar-refractivity contribution in [1.82, 2.24) is 24.5 Å². The van der Waals surface area contributed by atoms with Gasteiger partial charge < -0.3 is 9.15 Å². The average Bonchev–Trinajstić information content (AvgIpc) is 3.57. The van der Waals surface area contributed by atoms with Crippen molar-refractivity contribution >= 4 is 28.8 Å². The first kappa shape index (κ1) is 25.9. The highest BCUT2D eigenvalue weighted by molar-refractivity contribution is 7.89. The summed E-state index contributed by atoms with van der Waals surface area (Å²) in [4.78, 5) is 13.0. The van der Waals surface area contributed by atoms with E-state index in [0.29, 0.717) is 30.2 Å². The second kappa shape index (κ2) is 11.6. The Labute approximate surface area is 207 Å². The number of hydrogen-bond donors (Lipinski definition) is 2. The van der Waals surface area contributed by atoms with Gasteiger partial charge in [-0.3, -0.25) is 10.0 Å². The number of nitrogens with zero attached hydrogens (tertiary/aromatic N) is 4. The molecule has 184 valence electrons. The highest BCUT2D eigenvalue weighted by Gasteiger charge is 2.29. The molecule has 35 heavy (non-hydrogen) atoms. The predicted octanol–water partition coefficient (Wildman–Crippen LogP) is 2.94. The van der Waals surface area contributed by atoms with Crippen LogP contribution in [0.1, 0.15) is 11.3 Å². The topological polar surface area (TPSA) is 140 Å². The fourth-order valence-corrected chi connectivity index (χ4v) is 4.79. The smallest absolute Gasteiger partial charge is 0.243 e. The van der Waals surface area contributed by atoms with Crippen molar-refractivity contribution in [3.63, 3.8) is 0 Å². The van der Waals surface area contributed by atoms with E-state index in [0.717, 1.165) is 11.3 Å². The molecular formula is C22H22ClN5O6S. The third-order valence-corrected chi connectivity index (χ3v) is 6.92. The normalized spacial score (nSPS) is 12.9. The molecule has 3 heterocycles. The molecule has 5 rings (SSSR count). The number of sulfonamides is 1. The Morgan fingerprint density at radius 3 is 2.31 bits per heavy atom. The lowest BCUT2D eigenvalue weighted by molar-refractivity contribution is -0.116. The van der Waals surface area contributed by atoms with Gasteiger partial charge in [0.05, 0.1) is 23.4 Å². The lowest BCUT2D eigenvalue weighted by Gasteiger charge is -2.25. The zero-order valence-corrected chi connectivity index (χ0v) is 19.9. The van der Waals surface area contributed by atoms with Gasteiger partial charge in [0.1, 0.15) is 29.9 Å². The van der Waals surface area contributed by atoms with E-state index in [1.165, 1.54) is 16.1 Å². The van der Waals surface area contributed by atoms with Crippen LogP contribution in [-0.4, -0.2) is 45.6 Å². The number of hydroxylamine groups is 1. The maximum absolute atomic E-state index is 13.0. The standard InChI is InChI=1S/C21H18N4O4S.CH3NO2.ClH/c26-30(27,24-11-9-16-10-12-28-21(16)13-24)20-7-5-19(6-8-20)29-18-3-1-17(2-4-18)25-15-22-14-23-25;3-1-2-4;/h1-8,10,12,14-15H,9,11,13H2;1,4H,(H,2,3);1H. The first-order chi connectivity index (χ1) is 16.5. The molecule has 0 radical (unpaired) electrons. The number of benzene rings is 2. The fraction of sp³-hybridized carbons (Fsp3) is 0.136. The van der Waals surface area contributed by atoms with Crippen LogP contribution in [0.4, 0.5) is 0 Å². The molecule has 13 heteroatoms. The van der Waals surface area contributed by atoms with Gasteiger partial charge >= 0.3 is 0 Å². The molecule has 2 N–H and O–H groups in total. The Balaban J connectivity index is 0.000000638. The summed E-state index contributed by atoms with van der Waals surface area (Å²) in [5.41, 5.74) is 3.18. The predicted molar refractivity (Wildman–Crippen MR) is 126 cm³/mol. The molecule has 0 aliphatic carbocycles. The summed E-state index contributed by atoms with van der Waals surface area (Å²) in [5.74, 6) is 1.89. The Bertz CT molecular complexity index is 1330. The van der Waals surface area contributed by atoms with Crippen LogP contribution in [0.5, 0.6) is 11.5 Å². The summed E-state index contributed by atoms with van der Waals surface area (Å²) < 4.78 is 40.3. The number of hydrogen-bond acceptors (Lipinski definition) is 8. The van der Waals surface area contributed by atoms with Crippen LogP contribution in [0.3, 0.4) is 0 Å². The number of halogens is 1. The zero-order valence-electron chi connectivity index (χ0n) is 18.2. The number of rotatable bonds is 6. The van der Waals surface area contributed by atoms with Crippen LogP contribution in [-0.2, 0) is 27.8 Å². The average molecular weight is 520 g/mol. The Kier molecular flexibility index (Phi) is 8.60. The number of fused-ring (bicyclic) bond motifs is 1. The molecular weight excluding hydrogens is 498 g/mol. The third kappa shape index (κ3) is 6.05. The van der Waals surface area contributed by atoms with Gasteiger partial charge in [-0.1, -0.05) is 0 Å². The van der Waals surface area contributed by atoms with E-state index >= 15 is 0 Å². The van der Waals surface area contributed by atoms with Crippen LogP contribution < -0.4 is 10.2 Å². The summed E-state index contributed by atoms with van der Waals surface area (Å²) >= 11 is 0. The molecule has 0 saturated carbocycles. The van der Waals surface area contributed by atoms with Crippen LogP contribution >= 0.6 is 12.4 Å². The summed E-state index contributed by atoms with van der Waals surface area (Å²) in [6.45, 7) is 0.687. The van der Waals surface area contributed by atoms with Crippen LogP contribution in [0, 0.1) is 0 Å². The highest BCUT2D eigenvalue weighted by Crippen LogP contribution is 2.28. The summed E-state index contributed by atoms with van der Waals surface area (Å²) in [6, 6.07) is 15.7. The van der Waals surface area contributed by atoms with Gasteiger partial charge in [0.2, 0.25) is 16.4 Å². The second-order valence-electron chi connectivity index (χ2n) is 7.11. The lowest BCUT2D eigenvalue weighted by atomic mass is 10.1. The molecule has 11 nitrogen and oxygen atoms in total. The van der Waals surface area contributed by atoms with E-state index in [9.17, 15) is 8.42 Å². The summed E-state index contributed by atoms with van der Waals surface area (Å²) in [6.07, 6.45) is 5.52. The maximum Gasteiger partial charge on any atom is 0.243 e. The van der Waals surface area contributed by atoms with Crippen molar-refractivity contribution < 1.29 is 27.6 Å². The van der Waals surface area contributed by atoms with Crippen molar-refractivity contribution in [3.05, 3.63) is 84.8 Å². The molecule has 0 saturated heterocycles. The molecule has 0 atom stereocenters. The number of carbonyl (C=O) groups is 1. The molecule has 2 aromatic heterocycles. The van der Waals surface area contributed by atoms with Crippen LogP contribution in [0.2, 0.25) is 0 Å². The quantitative estimate of drug-likeness (QED) is 0.225. The van der Waals surface area contributed by atoms with E-state index in [2.05, 4.69) is 10.1 Å². The Hall–Kier alpha value is -3.71. The summed E-state index contributed by atoms with van der Waals surface area (Å²) in [7, 11) is -3.60. The SMILES string of the molecule is Cl.O=CNO.O=S(=O)(c1ccc(Oc2ccc(-n3cncn3)cc2)cc1)N1CCc2ccoc2C1. The minimum Gasteiger partial charge on any atom is -0.468 e. The Morgan fingerprint density at radius 1 is 1.06 bits per heavy atom. The first-order valence-corrected chi connectivity index (χ1v) is 11.6. The molecule has 4 aromatic rings. The number of amides is 1. The number of carbonyl (C=O) groups excluding carboxylic acids is 1. The molecule has 2 aromatic carbocycles. The van der Waals surface area contributed by atoms with Gasteiger partial charge in [0, 0.05) is 6.54 Å². The summed E-state index contributed by atoms with van der Waals surface area (Å²) in [5, 5.41) is 11.3. The van der Waals surface area contributed by atoms with Crippen molar-refractivity contribution in [3.8, 4) is 17.2 Å². The Morgan fingerprint density at radius 2 is 1.71 bits per heavy atom. The van der Waals surface area contributed by atoms with E-state index in [1.54, 1.807) is 41.5 Å². The van der Waals surface area contributed by atoms with Crippen molar-refractivity contribution in [2.75, 3.05) is 6.54 Å². The molecule has 0 fully saturated rings. The first-order valence-electron chi connectivity index (χ1n) is 10.1. The molecule has 1 aliphatic heterocycles. The van der Waals surface area contributed by atoms with E-state index in [4.69, 9.17) is 19.2 Å². The van der Waals surface area contributed by atoms with E-state index in [-0.39, 0.29) is 30.3 Å². The van der Waals surface area contributed by atoms with Gasteiger partial charge in [-0.15, -0.1) is 12.4 Å². The maximum atomic E-state index is 13.0. The fourth-order valence-electron chi connectivity index (χ4n) is 3.39. The largest absolute Gasteiger partial charge is 0.468 e. The number of ether oxygens (including phenoxy) is 1. The van der Waals surface area contributed by atoms with Gasteiger partial charge in [0.15, 0.2) is 0 Å². The lowest BCUT2D eigenvalue weighted by Crippen LogP contribution is -2.35. The van der Waals surface area contributed by atoms with E-state index < -0.39 is 10.0 Å². The van der Waals surface area contributed by atoms with Gasteiger partial charge in [0.25, 0.3) is 0 Å². The molecule has 0 bridgehead atoms. The minimum absolute atomic E-state index is 0. The molecule has 0 spiro atoms. The van der Waals surface area contributed by atoms with Crippen LogP contribution in [0.15, 0.2) is 82.8 Å². The molecule has 1 amide bonds. The molecule has 1 aliphatic rings. The third-order valence-electron chi connectivity index (χ3n) is 5.06. The van der Waals surface area contributed by atoms with Crippen LogP contribution in [0.25, 0.3) is 5.69 Å².